The third-order valence-electron chi connectivity index (χ3n) is 4.39. The number of aryl methyl sites for hydroxylation is 1. The lowest BCUT2D eigenvalue weighted by Gasteiger charge is -2.23. The Morgan fingerprint density at radius 2 is 1.79 bits per heavy atom. The van der Waals surface area contributed by atoms with Crippen LogP contribution in [0.3, 0.4) is 0 Å². The van der Waals surface area contributed by atoms with E-state index in [1.165, 1.54) is 18.4 Å². The van der Waals surface area contributed by atoms with Gasteiger partial charge in [-0.05, 0) is 63.0 Å². The van der Waals surface area contributed by atoms with E-state index in [-0.39, 0.29) is 29.1 Å². The number of carbonyl (C=O) groups excluding carboxylic acids is 1. The predicted octanol–water partition coefficient (Wildman–Crippen LogP) is 1.91. The van der Waals surface area contributed by atoms with Crippen LogP contribution >= 0.6 is 12.4 Å². The Balaban J connectivity index is 0.00000288. The summed E-state index contributed by atoms with van der Waals surface area (Å²) in [6.45, 7) is 5.42. The van der Waals surface area contributed by atoms with Crippen LogP contribution in [0, 0.1) is 19.8 Å². The van der Waals surface area contributed by atoms with Gasteiger partial charge in [-0.3, -0.25) is 4.79 Å². The summed E-state index contributed by atoms with van der Waals surface area (Å²) in [6.07, 6.45) is 1.61. The van der Waals surface area contributed by atoms with E-state index in [1.54, 1.807) is 12.1 Å². The molecule has 1 aromatic rings. The number of carbonyl (C=O) groups is 1. The van der Waals surface area contributed by atoms with Crippen molar-refractivity contribution in [3.63, 3.8) is 0 Å². The van der Waals surface area contributed by atoms with Gasteiger partial charge in [-0.25, -0.2) is 12.7 Å². The Hall–Kier alpha value is -1.15. The molecule has 8 heteroatoms. The highest BCUT2D eigenvalue weighted by atomic mass is 35.5. The standard InChI is InChI=1S/C16H25N3O3S.ClH/c1-11-9-14(23(21,22)19(3)4)10-15(12(11)2)18-16(20)13-5-7-17-8-6-13;/h9-10,13,17H,5-8H2,1-4H3,(H,18,20);1H. The fraction of sp³-hybridized carbons (Fsp3) is 0.562. The van der Waals surface area contributed by atoms with E-state index in [1.807, 2.05) is 13.8 Å². The van der Waals surface area contributed by atoms with E-state index in [0.29, 0.717) is 5.69 Å². The average molecular weight is 376 g/mol. The molecule has 24 heavy (non-hydrogen) atoms. The van der Waals surface area contributed by atoms with Gasteiger partial charge in [-0.15, -0.1) is 12.4 Å². The fourth-order valence-electron chi connectivity index (χ4n) is 2.63. The van der Waals surface area contributed by atoms with Gasteiger partial charge in [0.2, 0.25) is 15.9 Å². The number of hydrogen-bond acceptors (Lipinski definition) is 4. The van der Waals surface area contributed by atoms with Crippen molar-refractivity contribution in [2.75, 3.05) is 32.5 Å². The minimum Gasteiger partial charge on any atom is -0.326 e. The molecule has 1 saturated heterocycles. The van der Waals surface area contributed by atoms with Gasteiger partial charge >= 0.3 is 0 Å². The molecule has 0 radical (unpaired) electrons. The highest BCUT2D eigenvalue weighted by molar-refractivity contribution is 7.89. The van der Waals surface area contributed by atoms with Gasteiger partial charge in [-0.2, -0.15) is 0 Å². The van der Waals surface area contributed by atoms with Crippen LogP contribution in [0.4, 0.5) is 5.69 Å². The molecular weight excluding hydrogens is 350 g/mol. The number of halogens is 1. The van der Waals surface area contributed by atoms with Crippen molar-refractivity contribution >= 4 is 34.0 Å². The molecule has 0 saturated carbocycles. The molecule has 1 heterocycles. The van der Waals surface area contributed by atoms with Crippen LogP contribution < -0.4 is 10.6 Å². The molecule has 0 aliphatic carbocycles. The number of sulfonamides is 1. The van der Waals surface area contributed by atoms with Gasteiger partial charge in [0.15, 0.2) is 0 Å². The van der Waals surface area contributed by atoms with Crippen molar-refractivity contribution in [3.8, 4) is 0 Å². The van der Waals surface area contributed by atoms with Gasteiger partial charge in [0.1, 0.15) is 0 Å². The maximum atomic E-state index is 12.4. The molecule has 1 amide bonds. The van der Waals surface area contributed by atoms with Crippen molar-refractivity contribution in [1.29, 1.82) is 0 Å². The minimum atomic E-state index is -3.53. The molecule has 0 aromatic heterocycles. The first-order chi connectivity index (χ1) is 10.7. The van der Waals surface area contributed by atoms with Crippen LogP contribution in [0.15, 0.2) is 17.0 Å². The van der Waals surface area contributed by atoms with Crippen molar-refractivity contribution in [2.24, 2.45) is 5.92 Å². The number of anilines is 1. The van der Waals surface area contributed by atoms with E-state index in [4.69, 9.17) is 0 Å². The first-order valence-electron chi connectivity index (χ1n) is 7.79. The summed E-state index contributed by atoms with van der Waals surface area (Å²) in [6, 6.07) is 3.20. The molecule has 1 fully saturated rings. The van der Waals surface area contributed by atoms with Crippen LogP contribution in [0.5, 0.6) is 0 Å². The Bertz CT molecular complexity index is 699. The summed E-state index contributed by atoms with van der Waals surface area (Å²) in [7, 11) is -0.532. The van der Waals surface area contributed by atoms with E-state index in [0.717, 1.165) is 37.1 Å². The van der Waals surface area contributed by atoms with Crippen LogP contribution in [-0.2, 0) is 14.8 Å². The monoisotopic (exact) mass is 375 g/mol. The van der Waals surface area contributed by atoms with Gasteiger partial charge in [0.05, 0.1) is 4.90 Å². The zero-order valence-corrected chi connectivity index (χ0v) is 16.2. The lowest BCUT2D eigenvalue weighted by Crippen LogP contribution is -2.34. The Morgan fingerprint density at radius 1 is 1.21 bits per heavy atom. The summed E-state index contributed by atoms with van der Waals surface area (Å²) in [4.78, 5) is 12.6. The summed E-state index contributed by atoms with van der Waals surface area (Å²) >= 11 is 0. The lowest BCUT2D eigenvalue weighted by atomic mass is 9.97. The first kappa shape index (κ1) is 20.9. The second kappa shape index (κ2) is 8.29. The van der Waals surface area contributed by atoms with E-state index >= 15 is 0 Å². The number of rotatable bonds is 4. The van der Waals surface area contributed by atoms with E-state index in [2.05, 4.69) is 10.6 Å². The molecular formula is C16H26ClN3O3S. The third-order valence-corrected chi connectivity index (χ3v) is 6.18. The molecule has 6 nitrogen and oxygen atoms in total. The molecule has 0 spiro atoms. The molecule has 0 bridgehead atoms. The van der Waals surface area contributed by atoms with Gasteiger partial charge in [0.25, 0.3) is 0 Å². The number of piperidine rings is 1. The first-order valence-corrected chi connectivity index (χ1v) is 9.23. The zero-order valence-electron chi connectivity index (χ0n) is 14.5. The predicted molar refractivity (Wildman–Crippen MR) is 98.3 cm³/mol. The Morgan fingerprint density at radius 3 is 2.33 bits per heavy atom. The molecule has 1 aliphatic rings. The van der Waals surface area contributed by atoms with Crippen molar-refractivity contribution in [2.45, 2.75) is 31.6 Å². The number of nitrogens with zero attached hydrogens (tertiary/aromatic N) is 1. The largest absolute Gasteiger partial charge is 0.326 e. The van der Waals surface area contributed by atoms with Crippen molar-refractivity contribution < 1.29 is 13.2 Å². The van der Waals surface area contributed by atoms with Crippen LogP contribution in [0.2, 0.25) is 0 Å². The lowest BCUT2D eigenvalue weighted by molar-refractivity contribution is -0.120. The summed E-state index contributed by atoms with van der Waals surface area (Å²) in [5, 5.41) is 6.15. The number of amides is 1. The fourth-order valence-corrected chi connectivity index (χ4v) is 3.65. The second-order valence-electron chi connectivity index (χ2n) is 6.21. The van der Waals surface area contributed by atoms with Crippen LogP contribution in [0.25, 0.3) is 0 Å². The van der Waals surface area contributed by atoms with E-state index in [9.17, 15) is 13.2 Å². The normalized spacial score (nSPS) is 15.9. The molecule has 0 unspecified atom stereocenters. The van der Waals surface area contributed by atoms with E-state index < -0.39 is 10.0 Å². The number of nitrogens with one attached hydrogen (secondary N) is 2. The average Bonchev–Trinajstić information content (AvgIpc) is 2.52. The Labute approximate surface area is 150 Å². The SMILES string of the molecule is Cc1cc(S(=O)(=O)N(C)C)cc(NC(=O)C2CCNCC2)c1C.Cl. The highest BCUT2D eigenvalue weighted by Crippen LogP contribution is 2.26. The third kappa shape index (κ3) is 4.47. The molecule has 2 N–H and O–H groups in total. The zero-order chi connectivity index (χ0) is 17.2. The van der Waals surface area contributed by atoms with Crippen LogP contribution in [0.1, 0.15) is 24.0 Å². The van der Waals surface area contributed by atoms with Crippen molar-refractivity contribution in [1.82, 2.24) is 9.62 Å². The van der Waals surface area contributed by atoms with Crippen LogP contribution in [-0.4, -0.2) is 45.8 Å². The molecule has 136 valence electrons. The minimum absolute atomic E-state index is 0. The smallest absolute Gasteiger partial charge is 0.242 e. The molecule has 1 aromatic carbocycles. The van der Waals surface area contributed by atoms with Crippen molar-refractivity contribution in [3.05, 3.63) is 23.3 Å². The molecule has 0 atom stereocenters. The molecule has 1 aliphatic heterocycles. The van der Waals surface area contributed by atoms with Gasteiger partial charge < -0.3 is 10.6 Å². The number of benzene rings is 1. The van der Waals surface area contributed by atoms with Gasteiger partial charge in [-0.1, -0.05) is 0 Å². The Kier molecular flexibility index (Phi) is 7.22. The summed E-state index contributed by atoms with van der Waals surface area (Å²) in [5.41, 5.74) is 2.31. The van der Waals surface area contributed by atoms with Gasteiger partial charge in [0, 0.05) is 25.7 Å². The maximum absolute atomic E-state index is 12.4. The summed E-state index contributed by atoms with van der Waals surface area (Å²) in [5.74, 6) is -0.0570. The molecule has 2 rings (SSSR count). The quantitative estimate of drug-likeness (QED) is 0.842. The number of hydrogen-bond donors (Lipinski definition) is 2. The highest BCUT2D eigenvalue weighted by Gasteiger charge is 2.23. The second-order valence-corrected chi connectivity index (χ2v) is 8.37. The maximum Gasteiger partial charge on any atom is 0.242 e. The topological polar surface area (TPSA) is 78.5 Å². The summed E-state index contributed by atoms with van der Waals surface area (Å²) < 4.78 is 25.9.